The average molecular weight is 195 g/mol. The standard InChI is InChI=1S/C11H17NO2/c1-12-10-4-6-11(7-5-10)14-9-3-8-13-2/h4-7,12H,3,8-9H2,1-2H3. The van der Waals surface area contributed by atoms with Gasteiger partial charge in [0, 0.05) is 32.9 Å². The quantitative estimate of drug-likeness (QED) is 0.705. The maximum Gasteiger partial charge on any atom is 0.119 e. The first-order chi connectivity index (χ1) is 6.86. The fourth-order valence-electron chi connectivity index (χ4n) is 1.11. The lowest BCUT2D eigenvalue weighted by molar-refractivity contribution is 0.172. The Labute approximate surface area is 85.0 Å². The molecule has 1 aromatic rings. The van der Waals surface area contributed by atoms with E-state index in [-0.39, 0.29) is 0 Å². The van der Waals surface area contributed by atoms with Crippen molar-refractivity contribution in [3.05, 3.63) is 24.3 Å². The van der Waals surface area contributed by atoms with E-state index in [4.69, 9.17) is 9.47 Å². The van der Waals surface area contributed by atoms with Gasteiger partial charge in [-0.1, -0.05) is 0 Å². The number of hydrogen-bond donors (Lipinski definition) is 1. The van der Waals surface area contributed by atoms with E-state index in [1.807, 2.05) is 31.3 Å². The highest BCUT2D eigenvalue weighted by Gasteiger charge is 1.93. The Bertz CT molecular complexity index is 246. The second-order valence-corrected chi connectivity index (χ2v) is 2.97. The Morgan fingerprint density at radius 2 is 1.86 bits per heavy atom. The molecule has 0 heterocycles. The minimum atomic E-state index is 0.701. The van der Waals surface area contributed by atoms with Crippen LogP contribution in [0.2, 0.25) is 0 Å². The minimum Gasteiger partial charge on any atom is -0.494 e. The molecule has 3 heteroatoms. The molecule has 0 spiro atoms. The highest BCUT2D eigenvalue weighted by atomic mass is 16.5. The van der Waals surface area contributed by atoms with Crippen molar-refractivity contribution >= 4 is 5.69 Å². The summed E-state index contributed by atoms with van der Waals surface area (Å²) in [4.78, 5) is 0. The van der Waals surface area contributed by atoms with Gasteiger partial charge in [0.15, 0.2) is 0 Å². The molecule has 1 rings (SSSR count). The molecular weight excluding hydrogens is 178 g/mol. The van der Waals surface area contributed by atoms with Gasteiger partial charge in [0.1, 0.15) is 5.75 Å². The van der Waals surface area contributed by atoms with Crippen molar-refractivity contribution in [2.24, 2.45) is 0 Å². The van der Waals surface area contributed by atoms with Crippen molar-refractivity contribution in [2.75, 3.05) is 32.7 Å². The SMILES string of the molecule is CNc1ccc(OCCCOC)cc1. The number of benzene rings is 1. The van der Waals surface area contributed by atoms with Gasteiger partial charge in [-0.2, -0.15) is 0 Å². The van der Waals surface area contributed by atoms with Gasteiger partial charge in [0.05, 0.1) is 6.61 Å². The summed E-state index contributed by atoms with van der Waals surface area (Å²) >= 11 is 0. The van der Waals surface area contributed by atoms with Crippen LogP contribution in [0.3, 0.4) is 0 Å². The van der Waals surface area contributed by atoms with Gasteiger partial charge in [-0.25, -0.2) is 0 Å². The monoisotopic (exact) mass is 195 g/mol. The van der Waals surface area contributed by atoms with Crippen molar-refractivity contribution in [1.82, 2.24) is 0 Å². The zero-order valence-electron chi connectivity index (χ0n) is 8.75. The van der Waals surface area contributed by atoms with Crippen molar-refractivity contribution in [1.29, 1.82) is 0 Å². The van der Waals surface area contributed by atoms with Crippen LogP contribution in [0.15, 0.2) is 24.3 Å². The van der Waals surface area contributed by atoms with Crippen LogP contribution in [0.5, 0.6) is 5.75 Å². The predicted molar refractivity (Wildman–Crippen MR) is 58.0 cm³/mol. The maximum absolute atomic E-state index is 5.50. The van der Waals surface area contributed by atoms with Crippen LogP contribution in [0.4, 0.5) is 5.69 Å². The third-order valence-electron chi connectivity index (χ3n) is 1.90. The summed E-state index contributed by atoms with van der Waals surface area (Å²) in [5, 5.41) is 3.06. The number of nitrogens with one attached hydrogen (secondary N) is 1. The molecule has 14 heavy (non-hydrogen) atoms. The first-order valence-corrected chi connectivity index (χ1v) is 4.76. The van der Waals surface area contributed by atoms with Crippen molar-refractivity contribution in [2.45, 2.75) is 6.42 Å². The fraction of sp³-hybridized carbons (Fsp3) is 0.455. The summed E-state index contributed by atoms with van der Waals surface area (Å²) in [5.74, 6) is 0.903. The Morgan fingerprint density at radius 1 is 1.14 bits per heavy atom. The summed E-state index contributed by atoms with van der Waals surface area (Å²) < 4.78 is 10.4. The summed E-state index contributed by atoms with van der Waals surface area (Å²) in [6, 6.07) is 7.90. The van der Waals surface area contributed by atoms with E-state index in [1.54, 1.807) is 7.11 Å². The molecule has 1 aromatic carbocycles. The van der Waals surface area contributed by atoms with E-state index >= 15 is 0 Å². The first kappa shape index (κ1) is 10.9. The van der Waals surface area contributed by atoms with Crippen LogP contribution < -0.4 is 10.1 Å². The van der Waals surface area contributed by atoms with Gasteiger partial charge in [-0.3, -0.25) is 0 Å². The maximum atomic E-state index is 5.50. The smallest absolute Gasteiger partial charge is 0.119 e. The Hall–Kier alpha value is -1.22. The second-order valence-electron chi connectivity index (χ2n) is 2.97. The van der Waals surface area contributed by atoms with Gasteiger partial charge in [0.2, 0.25) is 0 Å². The molecule has 0 amide bonds. The van der Waals surface area contributed by atoms with Gasteiger partial charge in [0.25, 0.3) is 0 Å². The highest BCUT2D eigenvalue weighted by molar-refractivity contribution is 5.45. The molecule has 0 atom stereocenters. The zero-order chi connectivity index (χ0) is 10.2. The average Bonchev–Trinajstić information content (AvgIpc) is 2.25. The van der Waals surface area contributed by atoms with Gasteiger partial charge in [-0.15, -0.1) is 0 Å². The fourth-order valence-corrected chi connectivity index (χ4v) is 1.11. The lowest BCUT2D eigenvalue weighted by Gasteiger charge is -2.06. The molecule has 0 saturated carbocycles. The normalized spacial score (nSPS) is 9.86. The molecule has 0 radical (unpaired) electrons. The zero-order valence-corrected chi connectivity index (χ0v) is 8.75. The molecule has 0 bridgehead atoms. The van der Waals surface area contributed by atoms with Crippen LogP contribution in [-0.2, 0) is 4.74 Å². The Kier molecular flexibility index (Phi) is 4.86. The number of hydrogen-bond acceptors (Lipinski definition) is 3. The molecule has 0 fully saturated rings. The molecule has 3 nitrogen and oxygen atoms in total. The van der Waals surface area contributed by atoms with Crippen LogP contribution in [0, 0.1) is 0 Å². The number of ether oxygens (including phenoxy) is 2. The largest absolute Gasteiger partial charge is 0.494 e. The van der Waals surface area contributed by atoms with Crippen LogP contribution in [0.1, 0.15) is 6.42 Å². The number of rotatable bonds is 6. The van der Waals surface area contributed by atoms with Crippen molar-refractivity contribution < 1.29 is 9.47 Å². The van der Waals surface area contributed by atoms with E-state index in [0.717, 1.165) is 24.5 Å². The Balaban J connectivity index is 2.29. The molecular formula is C11H17NO2. The predicted octanol–water partition coefficient (Wildman–Crippen LogP) is 2.14. The Morgan fingerprint density at radius 3 is 2.43 bits per heavy atom. The molecule has 0 aliphatic carbocycles. The van der Waals surface area contributed by atoms with Crippen LogP contribution in [0.25, 0.3) is 0 Å². The molecule has 0 unspecified atom stereocenters. The molecule has 0 aliphatic rings. The summed E-state index contributed by atoms with van der Waals surface area (Å²) in [7, 11) is 3.59. The highest BCUT2D eigenvalue weighted by Crippen LogP contribution is 2.14. The lowest BCUT2D eigenvalue weighted by atomic mass is 10.3. The summed E-state index contributed by atoms with van der Waals surface area (Å²) in [6.45, 7) is 1.45. The summed E-state index contributed by atoms with van der Waals surface area (Å²) in [5.41, 5.74) is 1.09. The second kappa shape index (κ2) is 6.27. The van der Waals surface area contributed by atoms with Crippen molar-refractivity contribution in [3.63, 3.8) is 0 Å². The van der Waals surface area contributed by atoms with E-state index < -0.39 is 0 Å². The third-order valence-corrected chi connectivity index (χ3v) is 1.90. The molecule has 0 aliphatic heterocycles. The third kappa shape index (κ3) is 3.66. The molecule has 1 N–H and O–H groups in total. The van der Waals surface area contributed by atoms with Gasteiger partial charge < -0.3 is 14.8 Å². The first-order valence-electron chi connectivity index (χ1n) is 4.76. The number of methoxy groups -OCH3 is 1. The lowest BCUT2D eigenvalue weighted by Crippen LogP contribution is -2.01. The molecule has 0 aromatic heterocycles. The van der Waals surface area contributed by atoms with E-state index in [1.165, 1.54) is 0 Å². The van der Waals surface area contributed by atoms with Gasteiger partial charge >= 0.3 is 0 Å². The van der Waals surface area contributed by atoms with E-state index in [9.17, 15) is 0 Å². The molecule has 78 valence electrons. The minimum absolute atomic E-state index is 0.701. The summed E-state index contributed by atoms with van der Waals surface area (Å²) in [6.07, 6.45) is 0.921. The van der Waals surface area contributed by atoms with E-state index in [0.29, 0.717) is 6.61 Å². The van der Waals surface area contributed by atoms with Crippen LogP contribution in [-0.4, -0.2) is 27.4 Å². The van der Waals surface area contributed by atoms with E-state index in [2.05, 4.69) is 5.32 Å². The molecule has 0 saturated heterocycles. The van der Waals surface area contributed by atoms with Crippen molar-refractivity contribution in [3.8, 4) is 5.75 Å². The van der Waals surface area contributed by atoms with Crippen LogP contribution >= 0.6 is 0 Å². The van der Waals surface area contributed by atoms with Gasteiger partial charge in [-0.05, 0) is 24.3 Å². The topological polar surface area (TPSA) is 30.5 Å². The number of anilines is 1.